The number of carbonyl (C=O) groups excluding carboxylic acids is 1. The van der Waals surface area contributed by atoms with E-state index >= 15 is 0 Å². The van der Waals surface area contributed by atoms with Crippen molar-refractivity contribution in [3.05, 3.63) is 35.5 Å². The molecule has 124 valence electrons. The molecule has 0 saturated heterocycles. The maximum atomic E-state index is 12.0. The van der Waals surface area contributed by atoms with Crippen molar-refractivity contribution in [1.29, 1.82) is 0 Å². The van der Waals surface area contributed by atoms with Gasteiger partial charge < -0.3 is 15.6 Å². The number of rotatable bonds is 6. The highest BCUT2D eigenvalue weighted by molar-refractivity contribution is 5.92. The molecule has 1 amide bonds. The van der Waals surface area contributed by atoms with Gasteiger partial charge in [0.05, 0.1) is 0 Å². The third kappa shape index (κ3) is 4.69. The number of halogens is 1. The molecule has 7 heteroatoms. The topological polar surface area (TPSA) is 94.0 Å². The van der Waals surface area contributed by atoms with Crippen molar-refractivity contribution in [3.63, 3.8) is 0 Å². The molecule has 0 radical (unpaired) electrons. The minimum Gasteiger partial charge on any atom is -0.399 e. The summed E-state index contributed by atoms with van der Waals surface area (Å²) >= 11 is 0. The van der Waals surface area contributed by atoms with Crippen LogP contribution < -0.4 is 11.1 Å². The predicted octanol–water partition coefficient (Wildman–Crippen LogP) is 3.22. The van der Waals surface area contributed by atoms with Crippen molar-refractivity contribution in [2.45, 2.75) is 44.9 Å². The highest BCUT2D eigenvalue weighted by atomic mass is 35.5. The van der Waals surface area contributed by atoms with E-state index in [0.29, 0.717) is 36.8 Å². The van der Waals surface area contributed by atoms with E-state index < -0.39 is 0 Å². The lowest BCUT2D eigenvalue weighted by molar-refractivity contribution is -0.116. The number of hydrogen-bond acceptors (Lipinski definition) is 5. The number of aromatic nitrogens is 2. The molecule has 0 aliphatic heterocycles. The standard InChI is InChI=1S/C16H20N4O2.ClH/c1-10-5-8-12(17)9-13(10)18-14(21)3-2-4-15-19-16(20-22-15)11-6-7-11;/h5,8-9,11H,2-4,6-7,17H2,1H3,(H,18,21);1H. The van der Waals surface area contributed by atoms with Crippen molar-refractivity contribution in [3.8, 4) is 0 Å². The van der Waals surface area contributed by atoms with E-state index in [9.17, 15) is 4.79 Å². The Morgan fingerprint density at radius 3 is 2.96 bits per heavy atom. The van der Waals surface area contributed by atoms with Gasteiger partial charge in [-0.3, -0.25) is 4.79 Å². The Balaban J connectivity index is 0.00000192. The van der Waals surface area contributed by atoms with Crippen molar-refractivity contribution in [2.24, 2.45) is 0 Å². The van der Waals surface area contributed by atoms with Gasteiger partial charge in [0.2, 0.25) is 11.8 Å². The molecule has 3 rings (SSSR count). The first-order chi connectivity index (χ1) is 10.6. The molecule has 0 atom stereocenters. The molecule has 1 aliphatic rings. The Morgan fingerprint density at radius 2 is 2.22 bits per heavy atom. The molecule has 0 bridgehead atoms. The quantitative estimate of drug-likeness (QED) is 0.790. The molecular formula is C16H21ClN4O2. The molecule has 3 N–H and O–H groups in total. The summed E-state index contributed by atoms with van der Waals surface area (Å²) in [5.41, 5.74) is 8.13. The molecule has 1 aromatic heterocycles. The van der Waals surface area contributed by atoms with Gasteiger partial charge in [-0.15, -0.1) is 12.4 Å². The maximum Gasteiger partial charge on any atom is 0.226 e. The largest absolute Gasteiger partial charge is 0.399 e. The molecule has 2 aromatic rings. The molecule has 1 aliphatic carbocycles. The van der Waals surface area contributed by atoms with Gasteiger partial charge in [-0.25, -0.2) is 0 Å². The molecule has 0 spiro atoms. The van der Waals surface area contributed by atoms with Crippen LogP contribution in [0.1, 0.15) is 48.9 Å². The first kappa shape index (κ1) is 17.3. The van der Waals surface area contributed by atoms with Gasteiger partial charge in [0.25, 0.3) is 0 Å². The highest BCUT2D eigenvalue weighted by Crippen LogP contribution is 2.38. The Bertz CT molecular complexity index is 682. The Labute approximate surface area is 141 Å². The molecular weight excluding hydrogens is 316 g/mol. The SMILES string of the molecule is Cc1ccc(N)cc1NC(=O)CCCc1nc(C2CC2)no1.Cl. The molecule has 1 saturated carbocycles. The second kappa shape index (κ2) is 7.46. The lowest BCUT2D eigenvalue weighted by atomic mass is 10.1. The van der Waals surface area contributed by atoms with Crippen molar-refractivity contribution in [1.82, 2.24) is 10.1 Å². The van der Waals surface area contributed by atoms with Crippen LogP contribution in [-0.2, 0) is 11.2 Å². The van der Waals surface area contributed by atoms with Gasteiger partial charge >= 0.3 is 0 Å². The number of nitrogen functional groups attached to an aromatic ring is 1. The Hall–Kier alpha value is -2.08. The predicted molar refractivity (Wildman–Crippen MR) is 90.7 cm³/mol. The summed E-state index contributed by atoms with van der Waals surface area (Å²) in [5, 5.41) is 6.85. The first-order valence-corrected chi connectivity index (χ1v) is 7.60. The number of benzene rings is 1. The van der Waals surface area contributed by atoms with Crippen LogP contribution in [0.3, 0.4) is 0 Å². The van der Waals surface area contributed by atoms with Crippen molar-refractivity contribution >= 4 is 29.7 Å². The average Bonchev–Trinajstić information content (AvgIpc) is 3.23. The van der Waals surface area contributed by atoms with Crippen LogP contribution >= 0.6 is 12.4 Å². The lowest BCUT2D eigenvalue weighted by Crippen LogP contribution is -2.12. The van der Waals surface area contributed by atoms with E-state index in [1.807, 2.05) is 19.1 Å². The number of amides is 1. The highest BCUT2D eigenvalue weighted by Gasteiger charge is 2.28. The second-order valence-electron chi connectivity index (χ2n) is 5.80. The summed E-state index contributed by atoms with van der Waals surface area (Å²) in [7, 11) is 0. The van der Waals surface area contributed by atoms with Crippen LogP contribution in [-0.4, -0.2) is 16.0 Å². The minimum absolute atomic E-state index is 0. The van der Waals surface area contributed by atoms with E-state index in [2.05, 4.69) is 15.5 Å². The van der Waals surface area contributed by atoms with E-state index in [1.165, 1.54) is 0 Å². The zero-order chi connectivity index (χ0) is 15.5. The van der Waals surface area contributed by atoms with Crippen LogP contribution in [0, 0.1) is 6.92 Å². The van der Waals surface area contributed by atoms with E-state index in [-0.39, 0.29) is 18.3 Å². The van der Waals surface area contributed by atoms with Crippen LogP contribution in [0.2, 0.25) is 0 Å². The summed E-state index contributed by atoms with van der Waals surface area (Å²) < 4.78 is 5.19. The molecule has 6 nitrogen and oxygen atoms in total. The number of carbonyl (C=O) groups is 1. The summed E-state index contributed by atoms with van der Waals surface area (Å²) in [6, 6.07) is 5.48. The maximum absolute atomic E-state index is 12.0. The van der Waals surface area contributed by atoms with Gasteiger partial charge in [-0.2, -0.15) is 4.98 Å². The zero-order valence-electron chi connectivity index (χ0n) is 13.0. The fourth-order valence-corrected chi connectivity index (χ4v) is 2.26. The van der Waals surface area contributed by atoms with E-state index in [1.54, 1.807) is 6.07 Å². The molecule has 1 heterocycles. The zero-order valence-corrected chi connectivity index (χ0v) is 13.9. The fraction of sp³-hybridized carbons (Fsp3) is 0.438. The normalized spacial score (nSPS) is 13.4. The van der Waals surface area contributed by atoms with Gasteiger partial charge in [0.1, 0.15) is 0 Å². The van der Waals surface area contributed by atoms with Crippen molar-refractivity contribution < 1.29 is 9.32 Å². The van der Waals surface area contributed by atoms with Crippen LogP contribution in [0.4, 0.5) is 11.4 Å². The average molecular weight is 337 g/mol. The van der Waals surface area contributed by atoms with E-state index in [0.717, 1.165) is 29.9 Å². The summed E-state index contributed by atoms with van der Waals surface area (Å²) in [6.45, 7) is 1.94. The smallest absolute Gasteiger partial charge is 0.226 e. The fourth-order valence-electron chi connectivity index (χ4n) is 2.26. The summed E-state index contributed by atoms with van der Waals surface area (Å²) in [4.78, 5) is 16.3. The summed E-state index contributed by atoms with van der Waals surface area (Å²) in [5.74, 6) is 1.90. The minimum atomic E-state index is -0.0318. The number of anilines is 2. The number of aryl methyl sites for hydroxylation is 2. The van der Waals surface area contributed by atoms with Crippen LogP contribution in [0.5, 0.6) is 0 Å². The summed E-state index contributed by atoms with van der Waals surface area (Å²) in [6.07, 6.45) is 4.03. The molecule has 1 aromatic carbocycles. The Kier molecular flexibility index (Phi) is 5.60. The monoisotopic (exact) mass is 336 g/mol. The lowest BCUT2D eigenvalue weighted by Gasteiger charge is -2.08. The van der Waals surface area contributed by atoms with Gasteiger partial charge in [0, 0.05) is 30.1 Å². The van der Waals surface area contributed by atoms with Gasteiger partial charge in [-0.05, 0) is 43.9 Å². The molecule has 0 unspecified atom stereocenters. The number of nitrogens with two attached hydrogens (primary N) is 1. The third-order valence-corrected chi connectivity index (χ3v) is 3.76. The molecule has 23 heavy (non-hydrogen) atoms. The third-order valence-electron chi connectivity index (χ3n) is 3.76. The Morgan fingerprint density at radius 1 is 1.43 bits per heavy atom. The first-order valence-electron chi connectivity index (χ1n) is 7.60. The molecule has 1 fully saturated rings. The second-order valence-corrected chi connectivity index (χ2v) is 5.80. The van der Waals surface area contributed by atoms with E-state index in [4.69, 9.17) is 10.3 Å². The number of nitrogens with one attached hydrogen (secondary N) is 1. The van der Waals surface area contributed by atoms with Crippen molar-refractivity contribution in [2.75, 3.05) is 11.1 Å². The number of hydrogen-bond donors (Lipinski definition) is 2. The number of nitrogens with zero attached hydrogens (tertiary/aromatic N) is 2. The van der Waals surface area contributed by atoms with Crippen LogP contribution in [0.15, 0.2) is 22.7 Å². The van der Waals surface area contributed by atoms with Gasteiger partial charge in [-0.1, -0.05) is 11.2 Å². The van der Waals surface area contributed by atoms with Gasteiger partial charge in [0.15, 0.2) is 5.82 Å². The van der Waals surface area contributed by atoms with Crippen LogP contribution in [0.25, 0.3) is 0 Å².